The second-order valence-corrected chi connectivity index (χ2v) is 10.0. The molecule has 2 aromatic carbocycles. The highest BCUT2D eigenvalue weighted by atomic mass is 35.5. The number of carbonyl (C=O) groups excluding carboxylic acids is 2. The van der Waals surface area contributed by atoms with E-state index in [0.29, 0.717) is 33.5 Å². The minimum absolute atomic E-state index is 0.0428. The highest BCUT2D eigenvalue weighted by molar-refractivity contribution is 7.19. The first-order valence-electron chi connectivity index (χ1n) is 10.9. The van der Waals surface area contributed by atoms with Gasteiger partial charge in [0.2, 0.25) is 0 Å². The highest BCUT2D eigenvalue weighted by Gasteiger charge is 2.27. The van der Waals surface area contributed by atoms with Crippen LogP contribution >= 0.6 is 34.5 Å². The topological polar surface area (TPSA) is 92.6 Å². The number of nitrogens with one attached hydrogen (secondary N) is 2. The smallest absolute Gasteiger partial charge is 0.274 e. The van der Waals surface area contributed by atoms with Crippen LogP contribution in [-0.2, 0) is 6.42 Å². The summed E-state index contributed by atoms with van der Waals surface area (Å²) in [4.78, 5) is 44.6. The van der Waals surface area contributed by atoms with Crippen molar-refractivity contribution in [1.29, 1.82) is 0 Å². The van der Waals surface area contributed by atoms with Gasteiger partial charge in [-0.1, -0.05) is 53.9 Å². The van der Waals surface area contributed by atoms with Gasteiger partial charge >= 0.3 is 0 Å². The molecule has 0 spiro atoms. The number of rotatable bonds is 6. The Labute approximate surface area is 215 Å². The van der Waals surface area contributed by atoms with E-state index in [1.54, 1.807) is 6.07 Å². The average molecular weight is 529 g/mol. The van der Waals surface area contributed by atoms with E-state index < -0.39 is 17.4 Å². The number of benzene rings is 2. The molecule has 10 heteroatoms. The van der Waals surface area contributed by atoms with Crippen LogP contribution in [0.15, 0.2) is 47.3 Å². The van der Waals surface area contributed by atoms with E-state index in [-0.39, 0.29) is 15.5 Å². The summed E-state index contributed by atoms with van der Waals surface area (Å²) in [5.41, 5.74) is 2.94. The van der Waals surface area contributed by atoms with Crippen LogP contribution in [0.5, 0.6) is 0 Å². The lowest BCUT2D eigenvalue weighted by molar-refractivity contribution is 0.0989. The predicted molar refractivity (Wildman–Crippen MR) is 142 cm³/mol. The second-order valence-electron chi connectivity index (χ2n) is 8.18. The van der Waals surface area contributed by atoms with Gasteiger partial charge in [0.15, 0.2) is 4.96 Å². The quantitative estimate of drug-likeness (QED) is 0.314. The maximum atomic E-state index is 13.4. The Bertz CT molecular complexity index is 1490. The van der Waals surface area contributed by atoms with E-state index in [4.69, 9.17) is 23.2 Å². The molecule has 0 saturated heterocycles. The molecule has 4 aromatic rings. The van der Waals surface area contributed by atoms with Crippen LogP contribution in [0.3, 0.4) is 0 Å². The summed E-state index contributed by atoms with van der Waals surface area (Å²) in [5.74, 6) is -1.18. The van der Waals surface area contributed by atoms with Crippen molar-refractivity contribution in [3.63, 3.8) is 0 Å². The summed E-state index contributed by atoms with van der Waals surface area (Å²) in [6.45, 7) is 5.82. The third kappa shape index (κ3) is 5.56. The fourth-order valence-electron chi connectivity index (χ4n) is 3.82. The van der Waals surface area contributed by atoms with E-state index in [1.807, 2.05) is 39.0 Å². The standard InChI is InChI=1S/C25H22Cl2N4O3S/c1-4-5-17-12-20(32)31-21(23(33)28-18-7-13(2)6-14(3)8-18)22(35-25(31)30-17)24(34)29-19-10-15(26)9-16(27)11-19/h6-12H,4-5H2,1-3H3,(H,28,33)(H,29,34). The van der Waals surface area contributed by atoms with Gasteiger partial charge in [0.25, 0.3) is 17.4 Å². The van der Waals surface area contributed by atoms with Crippen molar-refractivity contribution in [2.75, 3.05) is 10.6 Å². The van der Waals surface area contributed by atoms with Gasteiger partial charge in [0.1, 0.15) is 10.6 Å². The van der Waals surface area contributed by atoms with Gasteiger partial charge in [-0.25, -0.2) is 9.38 Å². The lowest BCUT2D eigenvalue weighted by atomic mass is 10.1. The molecule has 0 bridgehead atoms. The Kier molecular flexibility index (Phi) is 7.25. The van der Waals surface area contributed by atoms with Gasteiger partial charge in [0, 0.05) is 33.2 Å². The van der Waals surface area contributed by atoms with Gasteiger partial charge in [0.05, 0.1) is 0 Å². The molecule has 0 radical (unpaired) electrons. The molecule has 2 heterocycles. The maximum absolute atomic E-state index is 13.4. The zero-order valence-electron chi connectivity index (χ0n) is 19.2. The number of hydrogen-bond acceptors (Lipinski definition) is 5. The molecule has 180 valence electrons. The number of anilines is 2. The number of aromatic nitrogens is 2. The summed E-state index contributed by atoms with van der Waals surface area (Å²) in [7, 11) is 0. The molecular weight excluding hydrogens is 507 g/mol. The first kappa shape index (κ1) is 24.9. The van der Waals surface area contributed by atoms with Crippen LogP contribution in [0.25, 0.3) is 4.96 Å². The Hall–Kier alpha value is -3.20. The average Bonchev–Trinajstić information content (AvgIpc) is 3.13. The number of nitrogens with zero attached hydrogens (tertiary/aromatic N) is 2. The largest absolute Gasteiger partial charge is 0.321 e. The lowest BCUT2D eigenvalue weighted by Gasteiger charge is -2.10. The van der Waals surface area contributed by atoms with E-state index in [2.05, 4.69) is 15.6 Å². The molecule has 0 fully saturated rings. The number of hydrogen-bond donors (Lipinski definition) is 2. The predicted octanol–water partition coefficient (Wildman–Crippen LogP) is 6.14. The zero-order chi connectivity index (χ0) is 25.3. The Balaban J connectivity index is 1.82. The van der Waals surface area contributed by atoms with Gasteiger partial charge in [-0.2, -0.15) is 0 Å². The van der Waals surface area contributed by atoms with E-state index in [1.165, 1.54) is 22.6 Å². The van der Waals surface area contributed by atoms with Gasteiger partial charge < -0.3 is 10.6 Å². The van der Waals surface area contributed by atoms with Gasteiger partial charge in [-0.3, -0.25) is 14.4 Å². The van der Waals surface area contributed by atoms with Crippen molar-refractivity contribution in [2.24, 2.45) is 0 Å². The van der Waals surface area contributed by atoms with Crippen LogP contribution < -0.4 is 16.2 Å². The van der Waals surface area contributed by atoms with E-state index in [9.17, 15) is 14.4 Å². The highest BCUT2D eigenvalue weighted by Crippen LogP contribution is 2.27. The summed E-state index contributed by atoms with van der Waals surface area (Å²) in [6.07, 6.45) is 1.41. The summed E-state index contributed by atoms with van der Waals surface area (Å²) >= 11 is 13.1. The molecule has 0 aliphatic rings. The van der Waals surface area contributed by atoms with Crippen LogP contribution in [0.2, 0.25) is 10.0 Å². The second kappa shape index (κ2) is 10.2. The normalized spacial score (nSPS) is 11.0. The Morgan fingerprint density at radius 1 is 0.914 bits per heavy atom. The van der Waals surface area contributed by atoms with Crippen LogP contribution in [0, 0.1) is 13.8 Å². The minimum atomic E-state index is -0.595. The molecular formula is C25H22Cl2N4O3S. The van der Waals surface area contributed by atoms with Crippen molar-refractivity contribution in [3.8, 4) is 0 Å². The zero-order valence-corrected chi connectivity index (χ0v) is 21.6. The number of halogens is 2. The molecule has 35 heavy (non-hydrogen) atoms. The SMILES string of the molecule is CCCc1cc(=O)n2c(C(=O)Nc3cc(C)cc(C)c3)c(C(=O)Nc3cc(Cl)cc(Cl)c3)sc2n1. The summed E-state index contributed by atoms with van der Waals surface area (Å²) in [6, 6.07) is 11.6. The molecule has 0 atom stereocenters. The third-order valence-corrected chi connectivity index (χ3v) is 6.58. The first-order chi connectivity index (χ1) is 16.6. The van der Waals surface area contributed by atoms with Gasteiger partial charge in [-0.05, 0) is 61.7 Å². The molecule has 2 aromatic heterocycles. The fourth-order valence-corrected chi connectivity index (χ4v) is 5.38. The summed E-state index contributed by atoms with van der Waals surface area (Å²) < 4.78 is 1.18. The molecule has 0 aliphatic carbocycles. The Morgan fingerprint density at radius 3 is 2.14 bits per heavy atom. The van der Waals surface area contributed by atoms with Crippen molar-refractivity contribution >= 4 is 62.7 Å². The Morgan fingerprint density at radius 2 is 1.51 bits per heavy atom. The van der Waals surface area contributed by atoms with Crippen LogP contribution in [0.4, 0.5) is 11.4 Å². The summed E-state index contributed by atoms with van der Waals surface area (Å²) in [5, 5.41) is 6.23. The van der Waals surface area contributed by atoms with Crippen molar-refractivity contribution in [3.05, 3.63) is 90.3 Å². The number of thiazole rings is 1. The van der Waals surface area contributed by atoms with Crippen LogP contribution in [0.1, 0.15) is 50.3 Å². The van der Waals surface area contributed by atoms with Crippen molar-refractivity contribution in [2.45, 2.75) is 33.6 Å². The minimum Gasteiger partial charge on any atom is -0.321 e. The van der Waals surface area contributed by atoms with E-state index >= 15 is 0 Å². The number of carbonyl (C=O) groups is 2. The van der Waals surface area contributed by atoms with Crippen molar-refractivity contribution in [1.82, 2.24) is 9.38 Å². The molecule has 2 N–H and O–H groups in total. The molecule has 0 saturated carbocycles. The monoisotopic (exact) mass is 528 g/mol. The lowest BCUT2D eigenvalue weighted by Crippen LogP contribution is -2.25. The molecule has 0 unspecified atom stereocenters. The van der Waals surface area contributed by atoms with Crippen molar-refractivity contribution < 1.29 is 9.59 Å². The maximum Gasteiger partial charge on any atom is 0.274 e. The fraction of sp³-hybridized carbons (Fsp3) is 0.200. The van der Waals surface area contributed by atoms with E-state index in [0.717, 1.165) is 28.9 Å². The van der Waals surface area contributed by atoms with Crippen LogP contribution in [-0.4, -0.2) is 21.2 Å². The molecule has 4 rings (SSSR count). The number of amides is 2. The third-order valence-electron chi connectivity index (χ3n) is 5.10. The number of aryl methyl sites for hydroxylation is 3. The van der Waals surface area contributed by atoms with Gasteiger partial charge in [-0.15, -0.1) is 0 Å². The number of fused-ring (bicyclic) bond motifs is 1. The molecule has 7 nitrogen and oxygen atoms in total. The molecule has 2 amide bonds. The first-order valence-corrected chi connectivity index (χ1v) is 12.4. The molecule has 0 aliphatic heterocycles.